The summed E-state index contributed by atoms with van der Waals surface area (Å²) < 4.78 is 0. The van der Waals surface area contributed by atoms with Crippen LogP contribution in [0.3, 0.4) is 0 Å². The van der Waals surface area contributed by atoms with Gasteiger partial charge in [0.2, 0.25) is 0 Å². The molecule has 0 amide bonds. The summed E-state index contributed by atoms with van der Waals surface area (Å²) in [6.07, 6.45) is 9.49. The standard InChI is InChI=1S/C6H14.C5H8.C3H8.2C2H6/c1-4-6(3)5-2;1-3-5-4-2;1-3-2;2*1-2/h6H,4-5H2,1-3H3;3-5H,1H2,2H3;3H2,1-2H3;2*1-2H3/b;5-4-;;;. The average Bonchev–Trinajstić information content (AvgIpc) is 2.45. The van der Waals surface area contributed by atoms with Crippen LogP contribution >= 0.6 is 0 Å². The zero-order valence-corrected chi connectivity index (χ0v) is 15.1. The molecule has 0 saturated heterocycles. The normalized spacial score (nSPS) is 7.50. The van der Waals surface area contributed by atoms with Crippen molar-refractivity contribution in [2.75, 3.05) is 0 Å². The molecule has 0 N–H and O–H groups in total. The Hall–Kier alpha value is -0.520. The van der Waals surface area contributed by atoms with Gasteiger partial charge < -0.3 is 0 Å². The van der Waals surface area contributed by atoms with Crippen LogP contribution in [0.15, 0.2) is 24.8 Å². The lowest BCUT2D eigenvalue weighted by molar-refractivity contribution is 0.544. The SMILES string of the molecule is C=C/C=C\C.CC.CC.CCC.CCC(C)CC. The molecule has 0 atom stereocenters. The van der Waals surface area contributed by atoms with Crippen molar-refractivity contribution in [1.82, 2.24) is 0 Å². The molecule has 18 heavy (non-hydrogen) atoms. The highest BCUT2D eigenvalue weighted by Crippen LogP contribution is 2.02. The van der Waals surface area contributed by atoms with Crippen LogP contribution in [0.1, 0.15) is 88.5 Å². The lowest BCUT2D eigenvalue weighted by Gasteiger charge is -1.98. The Morgan fingerprint density at radius 2 is 1.17 bits per heavy atom. The zero-order valence-electron chi connectivity index (χ0n) is 15.1. The summed E-state index contributed by atoms with van der Waals surface area (Å²) >= 11 is 0. The highest BCUT2D eigenvalue weighted by molar-refractivity contribution is 4.94. The van der Waals surface area contributed by atoms with E-state index in [9.17, 15) is 0 Å². The molecule has 0 saturated carbocycles. The summed E-state index contributed by atoms with van der Waals surface area (Å²) in [5, 5.41) is 0. The highest BCUT2D eigenvalue weighted by Gasteiger charge is 1.88. The largest absolute Gasteiger partial charge is 0.0991 e. The van der Waals surface area contributed by atoms with Gasteiger partial charge in [-0.25, -0.2) is 0 Å². The molecular formula is C18H42. The van der Waals surface area contributed by atoms with Crippen molar-refractivity contribution in [2.24, 2.45) is 5.92 Å². The van der Waals surface area contributed by atoms with Crippen molar-refractivity contribution in [3.63, 3.8) is 0 Å². The van der Waals surface area contributed by atoms with E-state index in [0.29, 0.717) is 0 Å². The maximum atomic E-state index is 3.46. The monoisotopic (exact) mass is 258 g/mol. The first-order chi connectivity index (χ1) is 8.64. The van der Waals surface area contributed by atoms with Crippen LogP contribution in [0.5, 0.6) is 0 Å². The molecule has 0 heteroatoms. The molecule has 0 aliphatic heterocycles. The minimum absolute atomic E-state index is 0.935. The molecule has 114 valence electrons. The fourth-order valence-corrected chi connectivity index (χ4v) is 0.425. The van der Waals surface area contributed by atoms with Gasteiger partial charge >= 0.3 is 0 Å². The van der Waals surface area contributed by atoms with Gasteiger partial charge in [-0.15, -0.1) is 0 Å². The quantitative estimate of drug-likeness (QED) is 0.456. The smallest absolute Gasteiger partial charge is 0.0448 e. The molecule has 0 aliphatic rings. The van der Waals surface area contributed by atoms with Crippen LogP contribution < -0.4 is 0 Å². The van der Waals surface area contributed by atoms with Crippen LogP contribution in [0.4, 0.5) is 0 Å². The molecule has 0 aromatic rings. The molecule has 0 nitrogen and oxygen atoms in total. The van der Waals surface area contributed by atoms with E-state index in [2.05, 4.69) is 41.2 Å². The lowest BCUT2D eigenvalue weighted by atomic mass is 10.1. The molecule has 0 rings (SSSR count). The van der Waals surface area contributed by atoms with E-state index in [0.717, 1.165) is 5.92 Å². The van der Waals surface area contributed by atoms with E-state index in [4.69, 9.17) is 0 Å². The molecule has 0 aliphatic carbocycles. The third kappa shape index (κ3) is 108. The van der Waals surface area contributed by atoms with Crippen molar-refractivity contribution < 1.29 is 0 Å². The first kappa shape index (κ1) is 30.5. The predicted molar refractivity (Wildman–Crippen MR) is 93.4 cm³/mol. The van der Waals surface area contributed by atoms with Crippen molar-refractivity contribution in [3.8, 4) is 0 Å². The van der Waals surface area contributed by atoms with Crippen molar-refractivity contribution in [3.05, 3.63) is 24.8 Å². The third-order valence-electron chi connectivity index (χ3n) is 1.72. The number of rotatable bonds is 3. The van der Waals surface area contributed by atoms with Gasteiger partial charge in [-0.2, -0.15) is 0 Å². The minimum Gasteiger partial charge on any atom is -0.0991 e. The molecule has 0 aromatic carbocycles. The van der Waals surface area contributed by atoms with Gasteiger partial charge in [-0.3, -0.25) is 0 Å². The fourth-order valence-electron chi connectivity index (χ4n) is 0.425. The Balaban J connectivity index is -0.0000000426. The topological polar surface area (TPSA) is 0 Å². The molecule has 0 spiro atoms. The molecule has 0 bridgehead atoms. The molecule has 0 radical (unpaired) electrons. The third-order valence-corrected chi connectivity index (χ3v) is 1.72. The number of hydrogen-bond acceptors (Lipinski definition) is 0. The van der Waals surface area contributed by atoms with E-state index in [1.165, 1.54) is 19.3 Å². The van der Waals surface area contributed by atoms with Gasteiger partial charge in [0.1, 0.15) is 0 Å². The maximum absolute atomic E-state index is 3.46. The second-order valence-electron chi connectivity index (χ2n) is 3.39. The van der Waals surface area contributed by atoms with E-state index >= 15 is 0 Å². The van der Waals surface area contributed by atoms with Crippen LogP contribution in [-0.4, -0.2) is 0 Å². The highest BCUT2D eigenvalue weighted by atomic mass is 13.9. The van der Waals surface area contributed by atoms with E-state index in [1.807, 2.05) is 46.8 Å². The van der Waals surface area contributed by atoms with Gasteiger partial charge in [0.05, 0.1) is 0 Å². The molecule has 0 aromatic heterocycles. The van der Waals surface area contributed by atoms with Crippen LogP contribution in [0.25, 0.3) is 0 Å². The number of hydrogen-bond donors (Lipinski definition) is 0. The first-order valence-electron chi connectivity index (χ1n) is 7.87. The maximum Gasteiger partial charge on any atom is -0.0448 e. The Morgan fingerprint density at radius 3 is 1.17 bits per heavy atom. The predicted octanol–water partition coefficient (Wildman–Crippen LogP) is 7.66. The Morgan fingerprint density at radius 1 is 0.889 bits per heavy atom. The van der Waals surface area contributed by atoms with E-state index in [-0.39, 0.29) is 0 Å². The van der Waals surface area contributed by atoms with Crippen molar-refractivity contribution >= 4 is 0 Å². The molecular weight excluding hydrogens is 216 g/mol. The second kappa shape index (κ2) is 54.9. The van der Waals surface area contributed by atoms with E-state index < -0.39 is 0 Å². The Labute approximate surface area is 120 Å². The van der Waals surface area contributed by atoms with E-state index in [1.54, 1.807) is 6.08 Å². The summed E-state index contributed by atoms with van der Waals surface area (Å²) in [4.78, 5) is 0. The number of allylic oxidation sites excluding steroid dienone is 3. The summed E-state index contributed by atoms with van der Waals surface area (Å²) in [7, 11) is 0. The minimum atomic E-state index is 0.935. The Bertz CT molecular complexity index is 96.6. The fraction of sp³-hybridized carbons (Fsp3) is 0.778. The summed E-state index contributed by atoms with van der Waals surface area (Å²) in [6, 6.07) is 0. The molecule has 0 unspecified atom stereocenters. The second-order valence-corrected chi connectivity index (χ2v) is 3.39. The average molecular weight is 259 g/mol. The van der Waals surface area contributed by atoms with Gasteiger partial charge in [0.15, 0.2) is 0 Å². The summed E-state index contributed by atoms with van der Waals surface area (Å²) in [5.74, 6) is 0.935. The van der Waals surface area contributed by atoms with Gasteiger partial charge in [0.25, 0.3) is 0 Å². The van der Waals surface area contributed by atoms with Crippen LogP contribution in [-0.2, 0) is 0 Å². The van der Waals surface area contributed by atoms with Crippen molar-refractivity contribution in [2.45, 2.75) is 88.5 Å². The first-order valence-corrected chi connectivity index (χ1v) is 7.87. The van der Waals surface area contributed by atoms with Gasteiger partial charge in [0, 0.05) is 0 Å². The zero-order chi connectivity index (χ0) is 15.8. The van der Waals surface area contributed by atoms with Crippen LogP contribution in [0.2, 0.25) is 0 Å². The van der Waals surface area contributed by atoms with Gasteiger partial charge in [-0.1, -0.05) is 106 Å². The van der Waals surface area contributed by atoms with Crippen molar-refractivity contribution in [1.29, 1.82) is 0 Å². The summed E-state index contributed by atoms with van der Waals surface area (Å²) in [5.41, 5.74) is 0. The molecule has 0 fully saturated rings. The molecule has 0 heterocycles. The summed E-state index contributed by atoms with van der Waals surface area (Å²) in [6.45, 7) is 24.4. The van der Waals surface area contributed by atoms with Crippen LogP contribution in [0, 0.1) is 5.92 Å². The lowest BCUT2D eigenvalue weighted by Crippen LogP contribution is -1.85. The van der Waals surface area contributed by atoms with Gasteiger partial charge in [-0.05, 0) is 12.8 Å². The Kier molecular flexibility index (Phi) is 93.0.